The van der Waals surface area contributed by atoms with Gasteiger partial charge in [-0.25, -0.2) is 0 Å². The minimum absolute atomic E-state index is 0.185. The van der Waals surface area contributed by atoms with Crippen LogP contribution in [0.1, 0.15) is 53.3 Å². The maximum atomic E-state index is 12.6. The van der Waals surface area contributed by atoms with Crippen LogP contribution in [0.4, 0.5) is 0 Å². The highest BCUT2D eigenvalue weighted by Gasteiger charge is 2.39. The molecule has 0 saturated carbocycles. The summed E-state index contributed by atoms with van der Waals surface area (Å²) in [5, 5.41) is 0.429. The van der Waals surface area contributed by atoms with Crippen LogP contribution in [0.3, 0.4) is 0 Å². The minimum atomic E-state index is -0.494. The summed E-state index contributed by atoms with van der Waals surface area (Å²) in [5.41, 5.74) is 0.403. The number of fused-ring (bicyclic) bond motifs is 1. The van der Waals surface area contributed by atoms with Crippen molar-refractivity contribution in [2.75, 3.05) is 13.1 Å². The second kappa shape index (κ2) is 6.73. The van der Waals surface area contributed by atoms with Crippen LogP contribution < -0.4 is 0 Å². The number of rotatable bonds is 3. The summed E-state index contributed by atoms with van der Waals surface area (Å²) in [4.78, 5) is 40.4. The van der Waals surface area contributed by atoms with E-state index in [2.05, 4.69) is 0 Å². The van der Waals surface area contributed by atoms with Crippen LogP contribution in [-0.2, 0) is 4.79 Å². The molecule has 1 aromatic rings. The van der Waals surface area contributed by atoms with Gasteiger partial charge in [0.15, 0.2) is 0 Å². The van der Waals surface area contributed by atoms with E-state index in [4.69, 9.17) is 23.2 Å². The van der Waals surface area contributed by atoms with Gasteiger partial charge in [0.25, 0.3) is 11.8 Å². The summed E-state index contributed by atoms with van der Waals surface area (Å²) in [6.07, 6.45) is 3.90. The van der Waals surface area contributed by atoms with E-state index in [1.807, 2.05) is 6.92 Å². The Morgan fingerprint density at radius 2 is 1.71 bits per heavy atom. The van der Waals surface area contributed by atoms with Gasteiger partial charge in [-0.05, 0) is 37.8 Å². The minimum Gasteiger partial charge on any atom is -0.338 e. The molecule has 3 rings (SSSR count). The summed E-state index contributed by atoms with van der Waals surface area (Å²) in [6, 6.07) is 2.96. The number of halogens is 2. The molecule has 0 aromatic heterocycles. The Kier molecular flexibility index (Phi) is 4.83. The molecular weight excluding hydrogens is 351 g/mol. The van der Waals surface area contributed by atoms with Crippen molar-refractivity contribution in [1.29, 1.82) is 0 Å². The quantitative estimate of drug-likeness (QED) is 0.768. The van der Waals surface area contributed by atoms with Crippen LogP contribution in [0.5, 0.6) is 0 Å². The summed E-state index contributed by atoms with van der Waals surface area (Å²) in [6.45, 7) is 2.48. The van der Waals surface area contributed by atoms with Gasteiger partial charge in [0.1, 0.15) is 6.54 Å². The first-order chi connectivity index (χ1) is 11.4. The van der Waals surface area contributed by atoms with Crippen molar-refractivity contribution in [1.82, 2.24) is 9.80 Å². The number of amides is 3. The van der Waals surface area contributed by atoms with Crippen LogP contribution in [-0.4, -0.2) is 46.7 Å². The molecule has 1 aromatic carbocycles. The van der Waals surface area contributed by atoms with Crippen molar-refractivity contribution in [2.24, 2.45) is 0 Å². The maximum Gasteiger partial charge on any atom is 0.262 e. The second-order valence-corrected chi connectivity index (χ2v) is 6.97. The number of carbonyl (C=O) groups is 3. The molecule has 0 N–H and O–H groups in total. The average Bonchev–Trinajstić information content (AvgIpc) is 2.80. The van der Waals surface area contributed by atoms with E-state index in [-0.39, 0.29) is 39.7 Å². The molecule has 1 unspecified atom stereocenters. The molecule has 0 aliphatic carbocycles. The highest BCUT2D eigenvalue weighted by atomic mass is 35.5. The zero-order valence-electron chi connectivity index (χ0n) is 13.3. The first-order valence-corrected chi connectivity index (χ1v) is 8.84. The van der Waals surface area contributed by atoms with Crippen LogP contribution in [0.15, 0.2) is 12.1 Å². The molecule has 1 fully saturated rings. The van der Waals surface area contributed by atoms with Gasteiger partial charge in [-0.15, -0.1) is 0 Å². The lowest BCUT2D eigenvalue weighted by Crippen LogP contribution is -2.48. The third kappa shape index (κ3) is 2.91. The molecule has 0 bridgehead atoms. The maximum absolute atomic E-state index is 12.6. The molecule has 128 valence electrons. The van der Waals surface area contributed by atoms with Crippen molar-refractivity contribution in [3.63, 3.8) is 0 Å². The van der Waals surface area contributed by atoms with Gasteiger partial charge < -0.3 is 4.90 Å². The van der Waals surface area contributed by atoms with Gasteiger partial charge in [-0.3, -0.25) is 19.3 Å². The molecule has 1 atom stereocenters. The number of nitrogens with zero attached hydrogens (tertiary/aromatic N) is 2. The lowest BCUT2D eigenvalue weighted by atomic mass is 10.00. The number of piperidine rings is 1. The van der Waals surface area contributed by atoms with Crippen LogP contribution >= 0.6 is 23.2 Å². The van der Waals surface area contributed by atoms with E-state index in [0.29, 0.717) is 6.54 Å². The van der Waals surface area contributed by atoms with Gasteiger partial charge in [0.05, 0.1) is 21.2 Å². The predicted molar refractivity (Wildman–Crippen MR) is 91.5 cm³/mol. The number of benzene rings is 1. The van der Waals surface area contributed by atoms with Gasteiger partial charge in [-0.1, -0.05) is 30.1 Å². The lowest BCUT2D eigenvalue weighted by Gasteiger charge is -2.36. The zero-order valence-corrected chi connectivity index (χ0v) is 14.9. The van der Waals surface area contributed by atoms with E-state index in [1.54, 1.807) is 4.90 Å². The highest BCUT2D eigenvalue weighted by Crippen LogP contribution is 2.31. The fourth-order valence-corrected chi connectivity index (χ4v) is 3.73. The Balaban J connectivity index is 1.80. The Hall–Kier alpha value is -1.59. The van der Waals surface area contributed by atoms with Crippen molar-refractivity contribution < 1.29 is 14.4 Å². The van der Waals surface area contributed by atoms with E-state index in [1.165, 1.54) is 12.1 Å². The Labute approximate surface area is 150 Å². The number of imide groups is 1. The largest absolute Gasteiger partial charge is 0.338 e. The molecule has 2 aliphatic heterocycles. The topological polar surface area (TPSA) is 57.7 Å². The summed E-state index contributed by atoms with van der Waals surface area (Å²) >= 11 is 11.9. The van der Waals surface area contributed by atoms with Crippen LogP contribution in [0.2, 0.25) is 10.0 Å². The van der Waals surface area contributed by atoms with Crippen molar-refractivity contribution in [2.45, 2.75) is 38.6 Å². The Morgan fingerprint density at radius 1 is 1.12 bits per heavy atom. The zero-order chi connectivity index (χ0) is 17.4. The Bertz CT molecular complexity index is 679. The third-order valence-corrected chi connectivity index (χ3v) is 5.45. The van der Waals surface area contributed by atoms with Crippen molar-refractivity contribution >= 4 is 40.9 Å². The van der Waals surface area contributed by atoms with Crippen molar-refractivity contribution in [3.05, 3.63) is 33.3 Å². The fourth-order valence-electron chi connectivity index (χ4n) is 3.41. The predicted octanol–water partition coefficient (Wildman–Crippen LogP) is 3.38. The van der Waals surface area contributed by atoms with E-state index in [0.717, 1.165) is 30.6 Å². The summed E-state index contributed by atoms with van der Waals surface area (Å²) in [5.74, 6) is -1.17. The smallest absolute Gasteiger partial charge is 0.262 e. The lowest BCUT2D eigenvalue weighted by molar-refractivity contribution is -0.135. The highest BCUT2D eigenvalue weighted by molar-refractivity contribution is 6.43. The normalized spacial score (nSPS) is 20.5. The van der Waals surface area contributed by atoms with Gasteiger partial charge in [-0.2, -0.15) is 0 Å². The average molecular weight is 369 g/mol. The molecule has 7 heteroatoms. The first kappa shape index (κ1) is 17.2. The number of hydrogen-bond donors (Lipinski definition) is 0. The molecule has 0 radical (unpaired) electrons. The molecule has 2 heterocycles. The molecule has 2 aliphatic rings. The van der Waals surface area contributed by atoms with Gasteiger partial charge >= 0.3 is 0 Å². The molecule has 0 spiro atoms. The monoisotopic (exact) mass is 368 g/mol. The van der Waals surface area contributed by atoms with Crippen LogP contribution in [0, 0.1) is 0 Å². The Morgan fingerprint density at radius 3 is 2.25 bits per heavy atom. The summed E-state index contributed by atoms with van der Waals surface area (Å²) < 4.78 is 0. The SMILES string of the molecule is CCC1CCCCN1C(=O)CN1C(=O)c2cc(Cl)c(Cl)cc2C1=O. The second-order valence-electron chi connectivity index (χ2n) is 6.15. The molecular formula is C17H18Cl2N2O3. The van der Waals surface area contributed by atoms with E-state index >= 15 is 0 Å². The third-order valence-electron chi connectivity index (χ3n) is 4.72. The van der Waals surface area contributed by atoms with Gasteiger partial charge in [0.2, 0.25) is 5.91 Å². The van der Waals surface area contributed by atoms with E-state index < -0.39 is 11.8 Å². The standard InChI is InChI=1S/C17H18Cl2N2O3/c1-2-10-5-3-4-6-20(10)15(22)9-21-16(23)11-7-13(18)14(19)8-12(11)17(21)24/h7-8,10H,2-6,9H2,1H3. The number of hydrogen-bond acceptors (Lipinski definition) is 3. The molecule has 24 heavy (non-hydrogen) atoms. The first-order valence-electron chi connectivity index (χ1n) is 8.08. The fraction of sp³-hybridized carbons (Fsp3) is 0.471. The van der Waals surface area contributed by atoms with Crippen LogP contribution in [0.25, 0.3) is 0 Å². The molecule has 3 amide bonds. The van der Waals surface area contributed by atoms with Gasteiger partial charge in [0, 0.05) is 12.6 Å². The van der Waals surface area contributed by atoms with Crippen molar-refractivity contribution in [3.8, 4) is 0 Å². The summed E-state index contributed by atoms with van der Waals surface area (Å²) in [7, 11) is 0. The number of likely N-dealkylation sites (tertiary alicyclic amines) is 1. The van der Waals surface area contributed by atoms with E-state index in [9.17, 15) is 14.4 Å². The molecule has 1 saturated heterocycles. The molecule has 5 nitrogen and oxygen atoms in total. The number of carbonyl (C=O) groups excluding carboxylic acids is 3.